The first-order valence-electron chi connectivity index (χ1n) is 6.48. The maximum Gasteiger partial charge on any atom is 0.393 e. The Kier molecular flexibility index (Phi) is 5.75. The molecule has 0 unspecified atom stereocenters. The Morgan fingerprint density at radius 3 is 1.59 bits per heavy atom. The molecule has 0 aliphatic carbocycles. The number of alkyl halides is 12. The van der Waals surface area contributed by atoms with Crippen LogP contribution in [0.15, 0.2) is 30.3 Å². The van der Waals surface area contributed by atoms with Crippen molar-refractivity contribution < 1.29 is 57.5 Å². The zero-order valence-corrected chi connectivity index (χ0v) is 12.4. The van der Waals surface area contributed by atoms with E-state index < -0.39 is 47.6 Å². The van der Waals surface area contributed by atoms with Gasteiger partial charge < -0.3 is 5.32 Å². The predicted molar refractivity (Wildman–Crippen MR) is 65.8 cm³/mol. The molecular weight excluding hydrogens is 414 g/mol. The molecule has 154 valence electrons. The summed E-state index contributed by atoms with van der Waals surface area (Å²) in [6.45, 7) is 0. The molecular formula is C13H7F12NO. The van der Waals surface area contributed by atoms with Crippen LogP contribution in [0.5, 0.6) is 0 Å². The van der Waals surface area contributed by atoms with Crippen LogP contribution in [0.3, 0.4) is 0 Å². The molecule has 0 heterocycles. The van der Waals surface area contributed by atoms with E-state index in [0.717, 1.165) is 29.6 Å². The number of amides is 1. The maximum absolute atomic E-state index is 13.5. The highest BCUT2D eigenvalue weighted by molar-refractivity contribution is 5.97. The summed E-state index contributed by atoms with van der Waals surface area (Å²) in [4.78, 5) is 11.2. The van der Waals surface area contributed by atoms with Gasteiger partial charge in [0.2, 0.25) is 0 Å². The van der Waals surface area contributed by atoms with Gasteiger partial charge in [-0.2, -0.15) is 43.9 Å². The second kappa shape index (κ2) is 6.78. The van der Waals surface area contributed by atoms with Gasteiger partial charge in [-0.05, 0) is 12.1 Å². The van der Waals surface area contributed by atoms with Gasteiger partial charge in [-0.3, -0.25) is 4.79 Å². The van der Waals surface area contributed by atoms with Crippen molar-refractivity contribution in [3.05, 3.63) is 30.3 Å². The maximum atomic E-state index is 13.5. The van der Waals surface area contributed by atoms with Crippen LogP contribution >= 0.6 is 0 Å². The van der Waals surface area contributed by atoms with E-state index in [0.29, 0.717) is 0 Å². The SMILES string of the molecule is O=C(Nc1ccccc1)C(F)(F)C(F)(F)C(F)(F)C(F)(F)C(F)(F)C(F)F. The number of carbonyl (C=O) groups excluding carboxylic acids is 1. The number of benzene rings is 1. The smallest absolute Gasteiger partial charge is 0.321 e. The molecule has 27 heavy (non-hydrogen) atoms. The number of anilines is 1. The van der Waals surface area contributed by atoms with Crippen LogP contribution in [0.4, 0.5) is 58.4 Å². The Morgan fingerprint density at radius 1 is 0.741 bits per heavy atom. The number of nitrogens with one attached hydrogen (secondary N) is 1. The monoisotopic (exact) mass is 421 g/mol. The summed E-state index contributed by atoms with van der Waals surface area (Å²) < 4.78 is 155. The molecule has 0 aliphatic rings. The normalized spacial score (nSPS) is 14.4. The molecule has 0 fully saturated rings. The fourth-order valence-corrected chi connectivity index (χ4v) is 1.61. The number of hydrogen-bond donors (Lipinski definition) is 1. The van der Waals surface area contributed by atoms with E-state index in [1.807, 2.05) is 0 Å². The molecule has 1 rings (SSSR count). The molecule has 0 radical (unpaired) electrons. The minimum absolute atomic E-state index is 0.661. The van der Waals surface area contributed by atoms with Gasteiger partial charge in [-0.15, -0.1) is 0 Å². The number of rotatable bonds is 7. The van der Waals surface area contributed by atoms with Crippen molar-refractivity contribution in [2.45, 2.75) is 36.0 Å². The van der Waals surface area contributed by atoms with Crippen molar-refractivity contribution in [1.29, 1.82) is 0 Å². The molecule has 1 amide bonds. The second-order valence-electron chi connectivity index (χ2n) is 5.04. The summed E-state index contributed by atoms with van der Waals surface area (Å²) in [5.41, 5.74) is -0.661. The Labute approximate surface area is 142 Å². The highest BCUT2D eigenvalue weighted by Gasteiger charge is 2.89. The predicted octanol–water partition coefficient (Wildman–Crippen LogP) is 5.07. The average Bonchev–Trinajstić information content (AvgIpc) is 2.54. The van der Waals surface area contributed by atoms with Crippen LogP contribution in [0.1, 0.15) is 0 Å². The minimum atomic E-state index is -7.74. The van der Waals surface area contributed by atoms with Gasteiger partial charge in [-0.25, -0.2) is 8.78 Å². The Morgan fingerprint density at radius 2 is 1.19 bits per heavy atom. The van der Waals surface area contributed by atoms with Crippen molar-refractivity contribution in [3.63, 3.8) is 0 Å². The van der Waals surface area contributed by atoms with Gasteiger partial charge in [0, 0.05) is 5.69 Å². The molecule has 2 nitrogen and oxygen atoms in total. The van der Waals surface area contributed by atoms with E-state index >= 15 is 0 Å². The first kappa shape index (κ1) is 22.9. The lowest BCUT2D eigenvalue weighted by Gasteiger charge is -2.38. The molecule has 1 N–H and O–H groups in total. The fourth-order valence-electron chi connectivity index (χ4n) is 1.61. The van der Waals surface area contributed by atoms with Crippen molar-refractivity contribution >= 4 is 11.6 Å². The van der Waals surface area contributed by atoms with Crippen molar-refractivity contribution in [2.75, 3.05) is 5.32 Å². The first-order valence-corrected chi connectivity index (χ1v) is 6.48. The molecule has 0 aliphatic heterocycles. The van der Waals surface area contributed by atoms with Gasteiger partial charge in [-0.1, -0.05) is 18.2 Å². The van der Waals surface area contributed by atoms with Crippen molar-refractivity contribution in [2.24, 2.45) is 0 Å². The van der Waals surface area contributed by atoms with E-state index in [1.165, 1.54) is 6.07 Å². The van der Waals surface area contributed by atoms with Crippen LogP contribution < -0.4 is 5.32 Å². The molecule has 1 aromatic carbocycles. The standard InChI is InChI=1S/C13H7F12NO/c14-7(15)9(16,17)11(20,21)13(24,25)12(22,23)10(18,19)8(27)26-6-4-2-1-3-5-6/h1-5,7H,(H,26,27). The summed E-state index contributed by atoms with van der Waals surface area (Å²) in [5.74, 6) is -39.9. The summed E-state index contributed by atoms with van der Waals surface area (Å²) in [6, 6.07) is 5.01. The summed E-state index contributed by atoms with van der Waals surface area (Å²) in [5, 5.41) is 0.991. The lowest BCUT2D eigenvalue weighted by atomic mass is 9.94. The molecule has 1 aromatic rings. The Balaban J connectivity index is 3.33. The van der Waals surface area contributed by atoms with Crippen LogP contribution in [-0.4, -0.2) is 41.9 Å². The highest BCUT2D eigenvalue weighted by atomic mass is 19.4. The molecule has 0 spiro atoms. The molecule has 0 saturated heterocycles. The third-order valence-corrected chi connectivity index (χ3v) is 3.19. The van der Waals surface area contributed by atoms with Crippen molar-refractivity contribution in [1.82, 2.24) is 0 Å². The molecule has 14 heteroatoms. The van der Waals surface area contributed by atoms with E-state index in [2.05, 4.69) is 0 Å². The number of para-hydroxylation sites is 1. The Bertz CT molecular complexity index is 673. The summed E-state index contributed by atoms with van der Waals surface area (Å²) >= 11 is 0. The second-order valence-corrected chi connectivity index (χ2v) is 5.04. The van der Waals surface area contributed by atoms with Gasteiger partial charge >= 0.3 is 41.9 Å². The molecule has 0 saturated carbocycles. The highest BCUT2D eigenvalue weighted by Crippen LogP contribution is 2.58. The van der Waals surface area contributed by atoms with E-state index in [-0.39, 0.29) is 0 Å². The quantitative estimate of drug-likeness (QED) is 0.613. The number of halogens is 12. The van der Waals surface area contributed by atoms with E-state index in [4.69, 9.17) is 0 Å². The largest absolute Gasteiger partial charge is 0.393 e. The zero-order chi connectivity index (χ0) is 21.5. The van der Waals surface area contributed by atoms with Gasteiger partial charge in [0.15, 0.2) is 0 Å². The van der Waals surface area contributed by atoms with E-state index in [9.17, 15) is 57.5 Å². The third kappa shape index (κ3) is 3.40. The van der Waals surface area contributed by atoms with Crippen molar-refractivity contribution in [3.8, 4) is 0 Å². The minimum Gasteiger partial charge on any atom is -0.321 e. The lowest BCUT2D eigenvalue weighted by Crippen LogP contribution is -2.70. The molecule has 0 bridgehead atoms. The van der Waals surface area contributed by atoms with Gasteiger partial charge in [0.05, 0.1) is 0 Å². The van der Waals surface area contributed by atoms with Gasteiger partial charge in [0.25, 0.3) is 0 Å². The average molecular weight is 421 g/mol. The zero-order valence-electron chi connectivity index (χ0n) is 12.4. The summed E-state index contributed by atoms with van der Waals surface area (Å²) in [7, 11) is 0. The number of carbonyl (C=O) groups is 1. The van der Waals surface area contributed by atoms with Gasteiger partial charge in [0.1, 0.15) is 0 Å². The van der Waals surface area contributed by atoms with E-state index in [1.54, 1.807) is 0 Å². The van der Waals surface area contributed by atoms with Crippen LogP contribution in [0, 0.1) is 0 Å². The molecule has 0 atom stereocenters. The number of hydrogen-bond acceptors (Lipinski definition) is 1. The fraction of sp³-hybridized carbons (Fsp3) is 0.462. The first-order chi connectivity index (χ1) is 11.9. The lowest BCUT2D eigenvalue weighted by molar-refractivity contribution is -0.406. The van der Waals surface area contributed by atoms with Crippen LogP contribution in [0.25, 0.3) is 0 Å². The molecule has 0 aromatic heterocycles. The summed E-state index contributed by atoms with van der Waals surface area (Å²) in [6.07, 6.45) is -5.60. The topological polar surface area (TPSA) is 29.1 Å². The Hall–Kier alpha value is -2.15. The van der Waals surface area contributed by atoms with Crippen LogP contribution in [-0.2, 0) is 4.79 Å². The van der Waals surface area contributed by atoms with Crippen LogP contribution in [0.2, 0.25) is 0 Å². The third-order valence-electron chi connectivity index (χ3n) is 3.19.